The fourth-order valence-electron chi connectivity index (χ4n) is 4.19. The molecule has 0 amide bonds. The Morgan fingerprint density at radius 3 is 2.61 bits per heavy atom. The van der Waals surface area contributed by atoms with Crippen molar-refractivity contribution in [2.24, 2.45) is 0 Å². The number of esters is 1. The molecule has 0 spiro atoms. The molecule has 204 valence electrons. The maximum Gasteiger partial charge on any atom is 0.331 e. The summed E-state index contributed by atoms with van der Waals surface area (Å²) in [6.07, 6.45) is 0.286. The summed E-state index contributed by atoms with van der Waals surface area (Å²) in [7, 11) is -4.94. The van der Waals surface area contributed by atoms with Crippen molar-refractivity contribution in [1.82, 2.24) is 9.88 Å². The number of aromatic nitrogens is 1. The molecule has 1 saturated heterocycles. The van der Waals surface area contributed by atoms with Crippen LogP contribution in [0, 0.1) is 11.6 Å². The predicted octanol–water partition coefficient (Wildman–Crippen LogP) is 5.69. The molecule has 2 atom stereocenters. The SMILES string of the molecule is CC(C)(C)OC(=O)C(c1cscn1)S(=O)(=O)c1c(F)cc(O[C@H]2CCN(Cc3ccccc3)C2)c(Br)c1F. The van der Waals surface area contributed by atoms with Gasteiger partial charge in [-0.05, 0) is 48.7 Å². The summed E-state index contributed by atoms with van der Waals surface area (Å²) in [5, 5.41) is -0.715. The summed E-state index contributed by atoms with van der Waals surface area (Å²) in [6, 6.07) is 10.7. The molecule has 4 rings (SSSR count). The number of hydrogen-bond acceptors (Lipinski definition) is 8. The van der Waals surface area contributed by atoms with Gasteiger partial charge in [-0.3, -0.25) is 9.69 Å². The van der Waals surface area contributed by atoms with Crippen LogP contribution in [-0.4, -0.2) is 49.1 Å². The Hall–Kier alpha value is -2.41. The molecule has 3 aromatic rings. The average molecular weight is 630 g/mol. The highest BCUT2D eigenvalue weighted by molar-refractivity contribution is 9.10. The third-order valence-electron chi connectivity index (χ3n) is 5.79. The van der Waals surface area contributed by atoms with Crippen LogP contribution in [0.15, 0.2) is 56.7 Å². The number of carbonyl (C=O) groups excluding carboxylic acids is 1. The summed E-state index contributed by atoms with van der Waals surface area (Å²) >= 11 is 4.09. The summed E-state index contributed by atoms with van der Waals surface area (Å²) < 4.78 is 68.7. The van der Waals surface area contributed by atoms with Gasteiger partial charge in [0.1, 0.15) is 28.2 Å². The number of hydrogen-bond donors (Lipinski definition) is 0. The molecule has 0 N–H and O–H groups in total. The molecule has 1 aromatic heterocycles. The number of rotatable bonds is 8. The molecule has 1 fully saturated rings. The molecule has 1 aliphatic rings. The lowest BCUT2D eigenvalue weighted by atomic mass is 10.2. The van der Waals surface area contributed by atoms with Gasteiger partial charge in [0.2, 0.25) is 15.1 Å². The summed E-state index contributed by atoms with van der Waals surface area (Å²) in [5.41, 5.74) is 1.25. The van der Waals surface area contributed by atoms with Gasteiger partial charge in [0.05, 0.1) is 15.7 Å². The van der Waals surface area contributed by atoms with E-state index in [1.165, 1.54) is 10.9 Å². The summed E-state index contributed by atoms with van der Waals surface area (Å²) in [4.78, 5) is 17.8. The molecule has 12 heteroatoms. The maximum absolute atomic E-state index is 15.5. The Balaban J connectivity index is 1.59. The summed E-state index contributed by atoms with van der Waals surface area (Å²) in [6.45, 7) is 6.66. The number of halogens is 3. The lowest BCUT2D eigenvalue weighted by molar-refractivity contribution is -0.154. The zero-order valence-corrected chi connectivity index (χ0v) is 24.2. The van der Waals surface area contributed by atoms with Gasteiger partial charge in [-0.1, -0.05) is 30.3 Å². The largest absolute Gasteiger partial charge is 0.488 e. The maximum atomic E-state index is 15.5. The van der Waals surface area contributed by atoms with Crippen LogP contribution in [0.3, 0.4) is 0 Å². The van der Waals surface area contributed by atoms with E-state index in [0.29, 0.717) is 19.5 Å². The number of benzene rings is 2. The summed E-state index contributed by atoms with van der Waals surface area (Å²) in [5.74, 6) is -4.09. The van der Waals surface area contributed by atoms with Gasteiger partial charge in [0, 0.05) is 31.1 Å². The fourth-order valence-corrected chi connectivity index (χ4v) is 7.06. The number of carbonyl (C=O) groups is 1. The number of thiazole rings is 1. The highest BCUT2D eigenvalue weighted by Crippen LogP contribution is 2.40. The van der Waals surface area contributed by atoms with Crippen LogP contribution in [-0.2, 0) is 25.9 Å². The standard InChI is InChI=1S/C26H27BrF2N2O5S2/c1-26(2,3)36-25(32)24(19-14-37-15-30-19)38(33,34)23-18(28)11-20(21(27)22(23)29)35-17-9-10-31(13-17)12-16-7-5-4-6-8-16/h4-8,11,14-15,17,24H,9-10,12-13H2,1-3H3/t17-,24?/m0/s1. The molecule has 2 heterocycles. The minimum Gasteiger partial charge on any atom is -0.488 e. The third-order valence-corrected chi connectivity index (χ3v) is 9.13. The van der Waals surface area contributed by atoms with Crippen LogP contribution in [0.5, 0.6) is 5.75 Å². The first-order valence-electron chi connectivity index (χ1n) is 11.8. The van der Waals surface area contributed by atoms with Crippen LogP contribution >= 0.6 is 27.3 Å². The first kappa shape index (κ1) is 28.6. The van der Waals surface area contributed by atoms with E-state index >= 15 is 8.78 Å². The van der Waals surface area contributed by atoms with E-state index in [-0.39, 0.29) is 22.0 Å². The smallest absolute Gasteiger partial charge is 0.331 e. The van der Waals surface area contributed by atoms with Gasteiger partial charge >= 0.3 is 5.97 Å². The zero-order valence-electron chi connectivity index (χ0n) is 21.0. The van der Waals surface area contributed by atoms with Crippen LogP contribution < -0.4 is 4.74 Å². The quantitative estimate of drug-likeness (QED) is 0.234. The van der Waals surface area contributed by atoms with Crippen molar-refractivity contribution in [3.05, 3.63) is 74.7 Å². The average Bonchev–Trinajstić information content (AvgIpc) is 3.49. The van der Waals surface area contributed by atoms with Crippen LogP contribution in [0.1, 0.15) is 43.7 Å². The number of ether oxygens (including phenoxy) is 2. The van der Waals surface area contributed by atoms with Crippen molar-refractivity contribution in [2.75, 3.05) is 13.1 Å². The van der Waals surface area contributed by atoms with E-state index in [0.717, 1.165) is 29.5 Å². The molecule has 0 aliphatic carbocycles. The van der Waals surface area contributed by atoms with Crippen LogP contribution in [0.2, 0.25) is 0 Å². The molecule has 1 aliphatic heterocycles. The monoisotopic (exact) mass is 628 g/mol. The molecular weight excluding hydrogens is 602 g/mol. The molecule has 2 aromatic carbocycles. The molecule has 0 radical (unpaired) electrons. The van der Waals surface area contributed by atoms with E-state index < -0.39 is 43.2 Å². The molecule has 0 bridgehead atoms. The lowest BCUT2D eigenvalue weighted by Crippen LogP contribution is -2.32. The van der Waals surface area contributed by atoms with Crippen molar-refractivity contribution in [1.29, 1.82) is 0 Å². The second kappa shape index (κ2) is 11.4. The first-order chi connectivity index (χ1) is 17.9. The third kappa shape index (κ3) is 6.41. The molecule has 38 heavy (non-hydrogen) atoms. The Labute approximate surface area is 232 Å². The van der Waals surface area contributed by atoms with E-state index in [9.17, 15) is 13.2 Å². The normalized spacial score (nSPS) is 17.4. The van der Waals surface area contributed by atoms with Crippen LogP contribution in [0.4, 0.5) is 8.78 Å². The van der Waals surface area contributed by atoms with E-state index in [1.54, 1.807) is 20.8 Å². The first-order valence-corrected chi connectivity index (χ1v) is 15.1. The van der Waals surface area contributed by atoms with Crippen molar-refractivity contribution in [2.45, 2.75) is 55.6 Å². The van der Waals surface area contributed by atoms with E-state index in [4.69, 9.17) is 9.47 Å². The lowest BCUT2D eigenvalue weighted by Gasteiger charge is -2.24. The minimum atomic E-state index is -4.94. The van der Waals surface area contributed by atoms with E-state index in [2.05, 4.69) is 25.8 Å². The second-order valence-corrected chi connectivity index (χ2v) is 13.4. The van der Waals surface area contributed by atoms with Crippen LogP contribution in [0.25, 0.3) is 0 Å². The van der Waals surface area contributed by atoms with Gasteiger partial charge in [0.25, 0.3) is 0 Å². The van der Waals surface area contributed by atoms with Gasteiger partial charge in [0.15, 0.2) is 5.82 Å². The number of nitrogens with zero attached hydrogens (tertiary/aromatic N) is 2. The Morgan fingerprint density at radius 1 is 1.26 bits per heavy atom. The van der Waals surface area contributed by atoms with Gasteiger partial charge in [-0.15, -0.1) is 11.3 Å². The Bertz CT molecular complexity index is 1400. The van der Waals surface area contributed by atoms with Crippen molar-refractivity contribution < 1.29 is 31.5 Å². The fraction of sp³-hybridized carbons (Fsp3) is 0.385. The number of likely N-dealkylation sites (tertiary alicyclic amines) is 1. The Morgan fingerprint density at radius 2 is 1.97 bits per heavy atom. The second-order valence-electron chi connectivity index (χ2n) is 9.93. The van der Waals surface area contributed by atoms with Crippen molar-refractivity contribution >= 4 is 43.1 Å². The van der Waals surface area contributed by atoms with Gasteiger partial charge in [-0.2, -0.15) is 0 Å². The minimum absolute atomic E-state index is 0.159. The van der Waals surface area contributed by atoms with Gasteiger partial charge in [-0.25, -0.2) is 22.2 Å². The highest BCUT2D eigenvalue weighted by atomic mass is 79.9. The van der Waals surface area contributed by atoms with Crippen molar-refractivity contribution in [3.8, 4) is 5.75 Å². The van der Waals surface area contributed by atoms with Crippen molar-refractivity contribution in [3.63, 3.8) is 0 Å². The topological polar surface area (TPSA) is 85.8 Å². The molecule has 7 nitrogen and oxygen atoms in total. The van der Waals surface area contributed by atoms with Gasteiger partial charge < -0.3 is 9.47 Å². The zero-order chi connectivity index (χ0) is 27.7. The molecule has 1 unspecified atom stereocenters. The molecular formula is C26H27BrF2N2O5S2. The van der Waals surface area contributed by atoms with E-state index in [1.807, 2.05) is 30.3 Å². The number of sulfone groups is 1. The Kier molecular flexibility index (Phi) is 8.55. The molecule has 0 saturated carbocycles. The predicted molar refractivity (Wildman–Crippen MR) is 143 cm³/mol. The highest BCUT2D eigenvalue weighted by Gasteiger charge is 2.44.